The lowest BCUT2D eigenvalue weighted by atomic mass is 10.5. The van der Waals surface area contributed by atoms with Crippen LogP contribution < -0.4 is 0 Å². The third-order valence-corrected chi connectivity index (χ3v) is 2.73. The van der Waals surface area contributed by atoms with Gasteiger partial charge in [-0.1, -0.05) is 6.07 Å². The van der Waals surface area contributed by atoms with Crippen LogP contribution in [0.1, 0.15) is 6.92 Å². The summed E-state index contributed by atoms with van der Waals surface area (Å²) in [6.07, 6.45) is 1.38. The lowest BCUT2D eigenvalue weighted by molar-refractivity contribution is -0.145. The average molecular weight is 231 g/mol. The molecule has 4 nitrogen and oxygen atoms in total. The highest BCUT2D eigenvalue weighted by Gasteiger charge is 2.27. The molecular formula is C9H10FNO3S. The van der Waals surface area contributed by atoms with Gasteiger partial charge in [-0.2, -0.15) is 0 Å². The fraction of sp³-hybridized carbons (Fsp3) is 0.333. The molecule has 2 unspecified atom stereocenters. The molecule has 2 atom stereocenters. The highest BCUT2D eigenvalue weighted by atomic mass is 32.2. The van der Waals surface area contributed by atoms with Crippen LogP contribution in [0.4, 0.5) is 4.39 Å². The van der Waals surface area contributed by atoms with Crippen LogP contribution in [0.5, 0.6) is 0 Å². The maximum Gasteiger partial charge on any atom is 0.354 e. The number of ether oxygens (including phenoxy) is 1. The Labute approximate surface area is 88.9 Å². The summed E-state index contributed by atoms with van der Waals surface area (Å²) < 4.78 is 29.1. The van der Waals surface area contributed by atoms with Gasteiger partial charge >= 0.3 is 5.97 Å². The zero-order chi connectivity index (χ0) is 11.3. The molecule has 0 N–H and O–H groups in total. The topological polar surface area (TPSA) is 56.3 Å². The molecular weight excluding hydrogens is 221 g/mol. The van der Waals surface area contributed by atoms with E-state index in [2.05, 4.69) is 9.72 Å². The summed E-state index contributed by atoms with van der Waals surface area (Å²) in [6.45, 7) is 1.60. The number of alkyl halides is 1. The quantitative estimate of drug-likeness (QED) is 0.727. The van der Waals surface area contributed by atoms with Crippen molar-refractivity contribution in [2.45, 2.75) is 17.5 Å². The van der Waals surface area contributed by atoms with E-state index in [4.69, 9.17) is 0 Å². The minimum Gasteiger partial charge on any atom is -0.463 e. The molecule has 0 aliphatic rings. The Kier molecular flexibility index (Phi) is 4.36. The van der Waals surface area contributed by atoms with E-state index in [1.54, 1.807) is 19.1 Å². The van der Waals surface area contributed by atoms with Crippen LogP contribution in [0.15, 0.2) is 29.4 Å². The van der Waals surface area contributed by atoms with Gasteiger partial charge in [0.15, 0.2) is 0 Å². The van der Waals surface area contributed by atoms with Crippen LogP contribution in [-0.4, -0.2) is 27.3 Å². The predicted molar refractivity (Wildman–Crippen MR) is 52.2 cm³/mol. The van der Waals surface area contributed by atoms with E-state index < -0.39 is 22.3 Å². The van der Waals surface area contributed by atoms with Gasteiger partial charge in [0.1, 0.15) is 15.8 Å². The highest BCUT2D eigenvalue weighted by Crippen LogP contribution is 2.10. The van der Waals surface area contributed by atoms with Crippen molar-refractivity contribution in [1.29, 1.82) is 0 Å². The van der Waals surface area contributed by atoms with Crippen LogP contribution in [0.2, 0.25) is 0 Å². The van der Waals surface area contributed by atoms with Crippen molar-refractivity contribution in [3.05, 3.63) is 24.4 Å². The van der Waals surface area contributed by atoms with Gasteiger partial charge in [-0.15, -0.1) is 0 Å². The molecule has 82 valence electrons. The van der Waals surface area contributed by atoms with E-state index in [1.807, 2.05) is 0 Å². The zero-order valence-corrected chi connectivity index (χ0v) is 8.87. The maximum absolute atomic E-state index is 13.2. The molecule has 1 heterocycles. The molecule has 6 heteroatoms. The van der Waals surface area contributed by atoms with Gasteiger partial charge in [0, 0.05) is 6.20 Å². The molecule has 0 aromatic carbocycles. The largest absolute Gasteiger partial charge is 0.463 e. The number of aromatic nitrogens is 1. The van der Waals surface area contributed by atoms with Crippen LogP contribution in [0.25, 0.3) is 0 Å². The van der Waals surface area contributed by atoms with Gasteiger partial charge in [0.25, 0.3) is 5.50 Å². The number of hydrogen-bond donors (Lipinski definition) is 0. The number of esters is 1. The summed E-state index contributed by atoms with van der Waals surface area (Å²) in [4.78, 5) is 14.6. The fourth-order valence-corrected chi connectivity index (χ4v) is 1.70. The van der Waals surface area contributed by atoms with E-state index in [-0.39, 0.29) is 11.6 Å². The molecule has 0 spiro atoms. The molecule has 0 fully saturated rings. The smallest absolute Gasteiger partial charge is 0.354 e. The minimum atomic E-state index is -2.18. The molecule has 0 bridgehead atoms. The van der Waals surface area contributed by atoms with Gasteiger partial charge in [-0.25, -0.2) is 18.4 Å². The fourth-order valence-electron chi connectivity index (χ4n) is 0.867. The second kappa shape index (κ2) is 5.55. The highest BCUT2D eigenvalue weighted by molar-refractivity contribution is 7.86. The van der Waals surface area contributed by atoms with Crippen LogP contribution in [-0.2, 0) is 20.3 Å². The lowest BCUT2D eigenvalue weighted by Gasteiger charge is -2.06. The number of halogens is 1. The summed E-state index contributed by atoms with van der Waals surface area (Å²) in [5, 5.41) is 0.0260. The number of rotatable bonds is 4. The number of pyridine rings is 1. The van der Waals surface area contributed by atoms with E-state index in [0.29, 0.717) is 0 Å². The molecule has 0 saturated carbocycles. The van der Waals surface area contributed by atoms with E-state index in [9.17, 15) is 13.4 Å². The van der Waals surface area contributed by atoms with Gasteiger partial charge in [-0.3, -0.25) is 0 Å². The summed E-state index contributed by atoms with van der Waals surface area (Å²) in [7, 11) is -2.11. The first kappa shape index (κ1) is 11.8. The van der Waals surface area contributed by atoms with Crippen molar-refractivity contribution in [2.24, 2.45) is 0 Å². The number of hydrogen-bond acceptors (Lipinski definition) is 4. The Morgan fingerprint density at radius 3 is 2.93 bits per heavy atom. The Hall–Kier alpha value is -1.30. The third-order valence-electron chi connectivity index (χ3n) is 1.50. The molecule has 15 heavy (non-hydrogen) atoms. The summed E-state index contributed by atoms with van der Waals surface area (Å²) >= 11 is 0. The van der Waals surface area contributed by atoms with Gasteiger partial charge in [0.05, 0.1) is 6.61 Å². The van der Waals surface area contributed by atoms with Crippen molar-refractivity contribution in [2.75, 3.05) is 6.61 Å². The molecule has 0 amide bonds. The van der Waals surface area contributed by atoms with Crippen LogP contribution in [0.3, 0.4) is 0 Å². The zero-order valence-electron chi connectivity index (χ0n) is 8.05. The molecule has 1 rings (SSSR count). The predicted octanol–water partition coefficient (Wildman–Crippen LogP) is 1.05. The standard InChI is InChI=1S/C9H10FNO3S/c1-2-14-9(12)8(10)15(13)7-5-3-4-6-11-7/h3-6,8H,2H2,1H3. The number of nitrogens with zero attached hydrogens (tertiary/aromatic N) is 1. The third kappa shape index (κ3) is 3.09. The maximum atomic E-state index is 13.2. The first-order chi connectivity index (χ1) is 7.16. The molecule has 0 saturated heterocycles. The Morgan fingerprint density at radius 1 is 1.67 bits per heavy atom. The normalized spacial score (nSPS) is 14.3. The summed E-state index contributed by atoms with van der Waals surface area (Å²) in [5.74, 6) is -1.12. The Morgan fingerprint density at radius 2 is 2.40 bits per heavy atom. The minimum absolute atomic E-state index is 0.0260. The number of carbonyl (C=O) groups excluding carboxylic acids is 1. The molecule has 1 aromatic heterocycles. The summed E-state index contributed by atoms with van der Waals surface area (Å²) in [5.41, 5.74) is -2.18. The van der Waals surface area contributed by atoms with Crippen molar-refractivity contribution >= 4 is 16.8 Å². The van der Waals surface area contributed by atoms with Gasteiger partial charge in [-0.05, 0) is 19.1 Å². The van der Waals surface area contributed by atoms with Gasteiger partial charge in [0.2, 0.25) is 0 Å². The van der Waals surface area contributed by atoms with Crippen molar-refractivity contribution in [3.63, 3.8) is 0 Å². The Balaban J connectivity index is 2.73. The van der Waals surface area contributed by atoms with E-state index in [1.165, 1.54) is 12.3 Å². The average Bonchev–Trinajstić information content (AvgIpc) is 2.28. The second-order valence-corrected chi connectivity index (χ2v) is 3.96. The lowest BCUT2D eigenvalue weighted by Crippen LogP contribution is -2.24. The molecule has 0 radical (unpaired) electrons. The first-order valence-corrected chi connectivity index (χ1v) is 5.50. The summed E-state index contributed by atoms with van der Waals surface area (Å²) in [6, 6.07) is 4.57. The monoisotopic (exact) mass is 231 g/mol. The molecule has 1 aromatic rings. The van der Waals surface area contributed by atoms with Crippen LogP contribution in [0, 0.1) is 0 Å². The number of carbonyl (C=O) groups is 1. The van der Waals surface area contributed by atoms with Crippen molar-refractivity contribution in [1.82, 2.24) is 4.98 Å². The SMILES string of the molecule is CCOC(=O)C(F)S(=O)c1ccccn1. The van der Waals surface area contributed by atoms with Crippen molar-refractivity contribution < 1.29 is 18.1 Å². The van der Waals surface area contributed by atoms with Crippen molar-refractivity contribution in [3.8, 4) is 0 Å². The van der Waals surface area contributed by atoms with Crippen LogP contribution >= 0.6 is 0 Å². The second-order valence-electron chi connectivity index (χ2n) is 2.53. The first-order valence-electron chi connectivity index (χ1n) is 4.29. The Bertz CT molecular complexity index is 358. The van der Waals surface area contributed by atoms with E-state index in [0.717, 1.165) is 0 Å². The molecule has 0 aliphatic heterocycles. The molecule has 0 aliphatic carbocycles. The van der Waals surface area contributed by atoms with E-state index >= 15 is 0 Å². The van der Waals surface area contributed by atoms with Gasteiger partial charge < -0.3 is 4.74 Å².